The van der Waals surface area contributed by atoms with Gasteiger partial charge in [0.1, 0.15) is 11.5 Å². The lowest BCUT2D eigenvalue weighted by Gasteiger charge is -2.25. The van der Waals surface area contributed by atoms with Crippen molar-refractivity contribution in [1.29, 1.82) is 0 Å². The van der Waals surface area contributed by atoms with Gasteiger partial charge in [-0.05, 0) is 79.1 Å². The third-order valence-electron chi connectivity index (χ3n) is 5.12. The maximum Gasteiger partial charge on any atom is 0.253 e. The van der Waals surface area contributed by atoms with Gasteiger partial charge in [-0.2, -0.15) is 0 Å². The van der Waals surface area contributed by atoms with Crippen LogP contribution in [-0.2, 0) is 13.1 Å². The Hall–Kier alpha value is -3.36. The zero-order valence-corrected chi connectivity index (χ0v) is 20.1. The Kier molecular flexibility index (Phi) is 7.26. The van der Waals surface area contributed by atoms with Crippen molar-refractivity contribution in [2.75, 3.05) is 19.0 Å². The number of thiophene rings is 1. The van der Waals surface area contributed by atoms with Crippen molar-refractivity contribution in [3.05, 3.63) is 86.8 Å². The molecule has 8 heteroatoms. The van der Waals surface area contributed by atoms with Gasteiger partial charge in [0.15, 0.2) is 5.11 Å². The first-order valence-electron chi connectivity index (χ1n) is 10.6. The van der Waals surface area contributed by atoms with E-state index in [-0.39, 0.29) is 5.56 Å². The van der Waals surface area contributed by atoms with Gasteiger partial charge < -0.3 is 24.7 Å². The minimum absolute atomic E-state index is 0.130. The molecule has 0 bridgehead atoms. The van der Waals surface area contributed by atoms with E-state index in [0.717, 1.165) is 33.0 Å². The summed E-state index contributed by atoms with van der Waals surface area (Å²) in [5.74, 6) is 1.55. The molecule has 0 fully saturated rings. The third-order valence-corrected chi connectivity index (χ3v) is 6.34. The van der Waals surface area contributed by atoms with Gasteiger partial charge in [-0.25, -0.2) is 0 Å². The van der Waals surface area contributed by atoms with Crippen LogP contribution in [0.1, 0.15) is 17.4 Å². The number of methoxy groups -OCH3 is 1. The van der Waals surface area contributed by atoms with Crippen LogP contribution in [0.5, 0.6) is 11.5 Å². The Morgan fingerprint density at radius 1 is 1.09 bits per heavy atom. The van der Waals surface area contributed by atoms with Gasteiger partial charge in [0.2, 0.25) is 0 Å². The van der Waals surface area contributed by atoms with Crippen molar-refractivity contribution in [2.45, 2.75) is 20.0 Å². The van der Waals surface area contributed by atoms with Crippen LogP contribution in [0.15, 0.2) is 70.8 Å². The molecule has 0 aliphatic heterocycles. The molecule has 2 aromatic heterocycles. The zero-order chi connectivity index (χ0) is 23.2. The molecule has 0 atom stereocenters. The summed E-state index contributed by atoms with van der Waals surface area (Å²) in [4.78, 5) is 19.0. The molecule has 4 aromatic rings. The average Bonchev–Trinajstić information content (AvgIpc) is 3.33. The predicted octanol–water partition coefficient (Wildman–Crippen LogP) is 5.40. The van der Waals surface area contributed by atoms with Crippen molar-refractivity contribution in [3.8, 4) is 11.5 Å². The number of hydrogen-bond donors (Lipinski definition) is 2. The van der Waals surface area contributed by atoms with Crippen LogP contribution in [-0.4, -0.2) is 28.7 Å². The van der Waals surface area contributed by atoms with Crippen molar-refractivity contribution >= 4 is 45.3 Å². The number of nitrogens with zero attached hydrogens (tertiary/aromatic N) is 1. The molecule has 0 saturated heterocycles. The first kappa shape index (κ1) is 22.8. The van der Waals surface area contributed by atoms with Crippen LogP contribution >= 0.6 is 23.6 Å². The first-order chi connectivity index (χ1) is 16.1. The van der Waals surface area contributed by atoms with Crippen molar-refractivity contribution in [2.24, 2.45) is 0 Å². The Morgan fingerprint density at radius 2 is 1.88 bits per heavy atom. The van der Waals surface area contributed by atoms with E-state index in [2.05, 4.69) is 16.4 Å². The van der Waals surface area contributed by atoms with E-state index in [4.69, 9.17) is 21.7 Å². The number of pyridine rings is 1. The van der Waals surface area contributed by atoms with Crippen LogP contribution in [0.25, 0.3) is 10.9 Å². The summed E-state index contributed by atoms with van der Waals surface area (Å²) in [5, 5.41) is 6.77. The minimum Gasteiger partial charge on any atom is -0.497 e. The molecule has 0 radical (unpaired) electrons. The zero-order valence-electron chi connectivity index (χ0n) is 18.5. The van der Waals surface area contributed by atoms with Crippen molar-refractivity contribution < 1.29 is 9.47 Å². The van der Waals surface area contributed by atoms with Crippen LogP contribution in [0.4, 0.5) is 5.69 Å². The van der Waals surface area contributed by atoms with E-state index in [1.807, 2.05) is 71.8 Å². The maximum atomic E-state index is 12.8. The quantitative estimate of drug-likeness (QED) is 0.330. The van der Waals surface area contributed by atoms with E-state index in [0.29, 0.717) is 30.4 Å². The second kappa shape index (κ2) is 10.5. The number of nitrogens with one attached hydrogen (secondary N) is 2. The molecule has 0 aliphatic rings. The van der Waals surface area contributed by atoms with E-state index >= 15 is 0 Å². The van der Waals surface area contributed by atoms with Crippen LogP contribution in [0.2, 0.25) is 0 Å². The number of aromatic nitrogens is 1. The number of aromatic amines is 1. The van der Waals surface area contributed by atoms with E-state index < -0.39 is 0 Å². The van der Waals surface area contributed by atoms with Gasteiger partial charge in [-0.3, -0.25) is 4.79 Å². The summed E-state index contributed by atoms with van der Waals surface area (Å²) in [6.45, 7) is 3.49. The molecule has 0 spiro atoms. The van der Waals surface area contributed by atoms with Gasteiger partial charge >= 0.3 is 0 Å². The third kappa shape index (κ3) is 5.71. The number of anilines is 1. The smallest absolute Gasteiger partial charge is 0.253 e. The van der Waals surface area contributed by atoms with Crippen LogP contribution in [0, 0.1) is 0 Å². The Morgan fingerprint density at radius 3 is 2.58 bits per heavy atom. The number of thiocarbonyl (C=S) groups is 1. The molecule has 0 unspecified atom stereocenters. The van der Waals surface area contributed by atoms with Gasteiger partial charge in [-0.1, -0.05) is 6.07 Å². The van der Waals surface area contributed by atoms with Crippen molar-refractivity contribution in [3.63, 3.8) is 0 Å². The number of benzene rings is 2. The highest BCUT2D eigenvalue weighted by atomic mass is 32.1. The lowest BCUT2D eigenvalue weighted by molar-refractivity contribution is 0.340. The second-order valence-corrected chi connectivity index (χ2v) is 8.82. The second-order valence-electron chi connectivity index (χ2n) is 7.40. The molecule has 33 heavy (non-hydrogen) atoms. The Bertz CT molecular complexity index is 1280. The molecule has 4 rings (SSSR count). The highest BCUT2D eigenvalue weighted by Gasteiger charge is 2.15. The highest BCUT2D eigenvalue weighted by molar-refractivity contribution is 7.80. The fraction of sp³-hybridized carbons (Fsp3) is 0.200. The predicted molar refractivity (Wildman–Crippen MR) is 139 cm³/mol. The number of rotatable bonds is 8. The van der Waals surface area contributed by atoms with Crippen molar-refractivity contribution in [1.82, 2.24) is 9.88 Å². The number of H-pyrrole nitrogens is 1. The molecule has 2 aromatic carbocycles. The topological polar surface area (TPSA) is 66.6 Å². The summed E-state index contributed by atoms with van der Waals surface area (Å²) in [5.41, 5.74) is 2.13. The average molecular weight is 480 g/mol. The lowest BCUT2D eigenvalue weighted by atomic mass is 10.1. The van der Waals surface area contributed by atoms with Gasteiger partial charge in [0.25, 0.3) is 5.56 Å². The summed E-state index contributed by atoms with van der Waals surface area (Å²) in [6.07, 6.45) is 0. The molecule has 0 saturated carbocycles. The lowest BCUT2D eigenvalue weighted by Crippen LogP contribution is -2.35. The standard InChI is InChI=1S/C25H25N3O3S2/c1-3-31-21-10-11-23-17(14-21)13-18(24(29)27-23)15-28(16-22-5-4-12-33-22)25(32)26-19-6-8-20(30-2)9-7-19/h4-14H,3,15-16H2,1-2H3,(H,26,32)(H,27,29). The molecular weight excluding hydrogens is 454 g/mol. The summed E-state index contributed by atoms with van der Waals surface area (Å²) >= 11 is 7.40. The number of fused-ring (bicyclic) bond motifs is 1. The maximum absolute atomic E-state index is 12.8. The molecular formula is C25H25N3O3S2. The fourth-order valence-electron chi connectivity index (χ4n) is 3.48. The molecule has 6 nitrogen and oxygen atoms in total. The van der Waals surface area contributed by atoms with Gasteiger partial charge in [-0.15, -0.1) is 11.3 Å². The molecule has 2 N–H and O–H groups in total. The van der Waals surface area contributed by atoms with E-state index in [1.165, 1.54) is 0 Å². The first-order valence-corrected chi connectivity index (χ1v) is 11.9. The number of ether oxygens (including phenoxy) is 2. The normalized spacial score (nSPS) is 10.7. The summed E-state index contributed by atoms with van der Waals surface area (Å²) in [6, 6.07) is 19.2. The van der Waals surface area contributed by atoms with Gasteiger partial charge in [0.05, 0.1) is 26.8 Å². The van der Waals surface area contributed by atoms with Gasteiger partial charge in [0, 0.05) is 27.0 Å². The molecule has 2 heterocycles. The minimum atomic E-state index is -0.130. The van der Waals surface area contributed by atoms with Crippen LogP contribution < -0.4 is 20.3 Å². The Balaban J connectivity index is 1.61. The summed E-state index contributed by atoms with van der Waals surface area (Å²) in [7, 11) is 1.63. The van der Waals surface area contributed by atoms with Crippen LogP contribution in [0.3, 0.4) is 0 Å². The summed E-state index contributed by atoms with van der Waals surface area (Å²) < 4.78 is 10.8. The molecule has 170 valence electrons. The van der Waals surface area contributed by atoms with E-state index in [9.17, 15) is 4.79 Å². The molecule has 0 amide bonds. The van der Waals surface area contributed by atoms with E-state index in [1.54, 1.807) is 18.4 Å². The largest absolute Gasteiger partial charge is 0.497 e. The number of hydrogen-bond acceptors (Lipinski definition) is 5. The molecule has 0 aliphatic carbocycles. The highest BCUT2D eigenvalue weighted by Crippen LogP contribution is 2.21. The fourth-order valence-corrected chi connectivity index (χ4v) is 4.44. The SMILES string of the molecule is CCOc1ccc2[nH]c(=O)c(CN(Cc3cccs3)C(=S)Nc3ccc(OC)cc3)cc2c1. The Labute approximate surface area is 201 Å². The monoisotopic (exact) mass is 479 g/mol.